The van der Waals surface area contributed by atoms with Gasteiger partial charge in [-0.2, -0.15) is 0 Å². The first-order valence-corrected chi connectivity index (χ1v) is 8.08. The lowest BCUT2D eigenvalue weighted by Crippen LogP contribution is -2.19. The SMILES string of the molecule is Cn1c(=O)n(C)c2cc(Cn3cnc4ccc(Br)cc43)ccc21. The lowest BCUT2D eigenvalue weighted by Gasteiger charge is -2.06. The van der Waals surface area contributed by atoms with Crippen LogP contribution in [0.3, 0.4) is 0 Å². The first-order chi connectivity index (χ1) is 11.0. The maximum Gasteiger partial charge on any atom is 0.328 e. The summed E-state index contributed by atoms with van der Waals surface area (Å²) in [5.74, 6) is 0. The van der Waals surface area contributed by atoms with Gasteiger partial charge in [0.1, 0.15) is 0 Å². The lowest BCUT2D eigenvalue weighted by molar-refractivity contribution is 0.794. The Morgan fingerprint density at radius 3 is 2.61 bits per heavy atom. The number of hydrogen-bond acceptors (Lipinski definition) is 2. The molecule has 0 aliphatic carbocycles. The van der Waals surface area contributed by atoms with Crippen LogP contribution in [0.2, 0.25) is 0 Å². The fourth-order valence-corrected chi connectivity index (χ4v) is 3.35. The number of rotatable bonds is 2. The van der Waals surface area contributed by atoms with E-state index in [9.17, 15) is 4.79 Å². The maximum atomic E-state index is 12.0. The molecule has 4 rings (SSSR count). The Kier molecular flexibility index (Phi) is 3.16. The molecule has 0 saturated carbocycles. The van der Waals surface area contributed by atoms with Crippen molar-refractivity contribution in [3.63, 3.8) is 0 Å². The van der Waals surface area contributed by atoms with Gasteiger partial charge in [0.2, 0.25) is 0 Å². The van der Waals surface area contributed by atoms with E-state index in [1.165, 1.54) is 0 Å². The highest BCUT2D eigenvalue weighted by Crippen LogP contribution is 2.21. The van der Waals surface area contributed by atoms with Gasteiger partial charge in [-0.1, -0.05) is 22.0 Å². The molecule has 0 aliphatic rings. The molecule has 0 atom stereocenters. The van der Waals surface area contributed by atoms with Crippen LogP contribution in [0.4, 0.5) is 0 Å². The molecule has 0 N–H and O–H groups in total. The number of halogens is 1. The summed E-state index contributed by atoms with van der Waals surface area (Å²) in [5.41, 5.74) is 5.08. The van der Waals surface area contributed by atoms with E-state index in [1.807, 2.05) is 24.5 Å². The Labute approximate surface area is 140 Å². The molecule has 4 aromatic rings. The van der Waals surface area contributed by atoms with Gasteiger partial charge in [0.05, 0.1) is 28.4 Å². The summed E-state index contributed by atoms with van der Waals surface area (Å²) >= 11 is 3.51. The van der Waals surface area contributed by atoms with Gasteiger partial charge in [0.25, 0.3) is 0 Å². The van der Waals surface area contributed by atoms with Gasteiger partial charge in [-0.3, -0.25) is 9.13 Å². The molecule has 2 heterocycles. The molecule has 0 unspecified atom stereocenters. The monoisotopic (exact) mass is 370 g/mol. The zero-order valence-corrected chi connectivity index (χ0v) is 14.4. The normalized spacial score (nSPS) is 11.6. The molecule has 2 aromatic heterocycles. The second-order valence-corrected chi connectivity index (χ2v) is 6.64. The van der Waals surface area contributed by atoms with Crippen molar-refractivity contribution in [3.05, 3.63) is 63.2 Å². The van der Waals surface area contributed by atoms with Crippen LogP contribution in [0.25, 0.3) is 22.1 Å². The third-order valence-corrected chi connectivity index (χ3v) is 4.77. The van der Waals surface area contributed by atoms with Crippen LogP contribution in [-0.2, 0) is 20.6 Å². The summed E-state index contributed by atoms with van der Waals surface area (Å²) in [6, 6.07) is 12.2. The van der Waals surface area contributed by atoms with Crippen molar-refractivity contribution in [3.8, 4) is 0 Å². The highest BCUT2D eigenvalue weighted by atomic mass is 79.9. The number of fused-ring (bicyclic) bond motifs is 2. The Balaban J connectivity index is 1.81. The smallest absolute Gasteiger partial charge is 0.326 e. The van der Waals surface area contributed by atoms with Crippen LogP contribution in [0, 0.1) is 0 Å². The second-order valence-electron chi connectivity index (χ2n) is 5.73. The molecule has 0 fully saturated rings. The van der Waals surface area contributed by atoms with E-state index in [4.69, 9.17) is 0 Å². The zero-order valence-electron chi connectivity index (χ0n) is 12.8. The minimum absolute atomic E-state index is 0.00541. The van der Waals surface area contributed by atoms with E-state index in [0.717, 1.165) is 32.1 Å². The molecule has 116 valence electrons. The zero-order chi connectivity index (χ0) is 16.1. The standard InChI is InChI=1S/C17H15BrN4O/c1-20-14-6-3-11(7-16(14)21(2)17(20)23)9-22-10-19-13-5-4-12(18)8-15(13)22/h3-8,10H,9H2,1-2H3. The molecule has 0 spiro atoms. The lowest BCUT2D eigenvalue weighted by atomic mass is 10.2. The second kappa shape index (κ2) is 5.09. The molecule has 0 aliphatic heterocycles. The maximum absolute atomic E-state index is 12.0. The van der Waals surface area contributed by atoms with Gasteiger partial charge in [-0.25, -0.2) is 9.78 Å². The van der Waals surface area contributed by atoms with Crippen LogP contribution in [0.15, 0.2) is 52.0 Å². The van der Waals surface area contributed by atoms with Crippen molar-refractivity contribution in [2.24, 2.45) is 14.1 Å². The highest BCUT2D eigenvalue weighted by Gasteiger charge is 2.09. The summed E-state index contributed by atoms with van der Waals surface area (Å²) in [6.07, 6.45) is 1.85. The molecule has 2 aromatic carbocycles. The minimum Gasteiger partial charge on any atom is -0.326 e. The fourth-order valence-electron chi connectivity index (χ4n) is 3.00. The third kappa shape index (κ3) is 2.21. The number of nitrogens with zero attached hydrogens (tertiary/aromatic N) is 4. The van der Waals surface area contributed by atoms with Crippen molar-refractivity contribution in [1.82, 2.24) is 18.7 Å². The van der Waals surface area contributed by atoms with Gasteiger partial charge in [0.15, 0.2) is 0 Å². The summed E-state index contributed by atoms with van der Waals surface area (Å²) in [6.45, 7) is 0.714. The topological polar surface area (TPSA) is 44.8 Å². The number of aromatic nitrogens is 4. The number of benzene rings is 2. The van der Waals surface area contributed by atoms with Crippen LogP contribution < -0.4 is 5.69 Å². The predicted octanol–water partition coefficient (Wildman–Crippen LogP) is 3.04. The van der Waals surface area contributed by atoms with E-state index >= 15 is 0 Å². The Morgan fingerprint density at radius 1 is 1.00 bits per heavy atom. The van der Waals surface area contributed by atoms with Crippen molar-refractivity contribution < 1.29 is 0 Å². The Bertz CT molecular complexity index is 1100. The van der Waals surface area contributed by atoms with Crippen molar-refractivity contribution in [2.45, 2.75) is 6.54 Å². The average molecular weight is 371 g/mol. The third-order valence-electron chi connectivity index (χ3n) is 4.27. The van der Waals surface area contributed by atoms with E-state index < -0.39 is 0 Å². The van der Waals surface area contributed by atoms with Crippen molar-refractivity contribution >= 4 is 38.0 Å². The van der Waals surface area contributed by atoms with Crippen LogP contribution >= 0.6 is 15.9 Å². The van der Waals surface area contributed by atoms with Gasteiger partial charge < -0.3 is 4.57 Å². The summed E-state index contributed by atoms with van der Waals surface area (Å²) in [7, 11) is 3.60. The average Bonchev–Trinajstić information content (AvgIpc) is 3.03. The molecule has 0 amide bonds. The van der Waals surface area contributed by atoms with Gasteiger partial charge >= 0.3 is 5.69 Å². The van der Waals surface area contributed by atoms with E-state index in [-0.39, 0.29) is 5.69 Å². The van der Waals surface area contributed by atoms with Crippen molar-refractivity contribution in [1.29, 1.82) is 0 Å². The molecule has 0 radical (unpaired) electrons. The van der Waals surface area contributed by atoms with Crippen molar-refractivity contribution in [2.75, 3.05) is 0 Å². The Hall–Kier alpha value is -2.34. The molecular formula is C17H15BrN4O. The fraction of sp³-hybridized carbons (Fsp3) is 0.176. The van der Waals surface area contributed by atoms with Crippen LogP contribution in [0.1, 0.15) is 5.56 Å². The number of hydrogen-bond donors (Lipinski definition) is 0. The van der Waals surface area contributed by atoms with Crippen LogP contribution in [0.5, 0.6) is 0 Å². The number of aryl methyl sites for hydroxylation is 2. The van der Waals surface area contributed by atoms with Gasteiger partial charge in [-0.15, -0.1) is 0 Å². The summed E-state index contributed by atoms with van der Waals surface area (Å²) in [4.78, 5) is 16.5. The molecule has 0 saturated heterocycles. The summed E-state index contributed by atoms with van der Waals surface area (Å²) < 4.78 is 6.50. The quantitative estimate of drug-likeness (QED) is 0.544. The molecule has 0 bridgehead atoms. The summed E-state index contributed by atoms with van der Waals surface area (Å²) in [5, 5.41) is 0. The van der Waals surface area contributed by atoms with E-state index in [2.05, 4.69) is 43.7 Å². The first-order valence-electron chi connectivity index (χ1n) is 7.29. The van der Waals surface area contributed by atoms with E-state index in [0.29, 0.717) is 6.54 Å². The minimum atomic E-state index is -0.00541. The Morgan fingerprint density at radius 2 is 1.78 bits per heavy atom. The predicted molar refractivity (Wildman–Crippen MR) is 94.7 cm³/mol. The first kappa shape index (κ1) is 14.3. The molecular weight excluding hydrogens is 356 g/mol. The molecule has 23 heavy (non-hydrogen) atoms. The highest BCUT2D eigenvalue weighted by molar-refractivity contribution is 9.10. The van der Waals surface area contributed by atoms with Crippen LogP contribution in [-0.4, -0.2) is 18.7 Å². The van der Waals surface area contributed by atoms with E-state index in [1.54, 1.807) is 23.2 Å². The van der Waals surface area contributed by atoms with Gasteiger partial charge in [-0.05, 0) is 35.9 Å². The largest absolute Gasteiger partial charge is 0.328 e. The molecule has 5 nitrogen and oxygen atoms in total. The molecule has 6 heteroatoms. The number of imidazole rings is 2. The van der Waals surface area contributed by atoms with Gasteiger partial charge in [0, 0.05) is 25.1 Å².